The van der Waals surface area contributed by atoms with Crippen LogP contribution in [0.3, 0.4) is 0 Å². The molecule has 0 aliphatic carbocycles. The van der Waals surface area contributed by atoms with Gasteiger partial charge in [0.15, 0.2) is 0 Å². The van der Waals surface area contributed by atoms with Crippen LogP contribution < -0.4 is 9.62 Å². The third kappa shape index (κ3) is 6.62. The van der Waals surface area contributed by atoms with Crippen LogP contribution in [-0.2, 0) is 24.8 Å². The first kappa shape index (κ1) is 29.6. The van der Waals surface area contributed by atoms with Crippen LogP contribution in [0.15, 0.2) is 81.4 Å². The maximum absolute atomic E-state index is 13.4. The van der Waals surface area contributed by atoms with Crippen molar-refractivity contribution in [1.29, 1.82) is 0 Å². The van der Waals surface area contributed by atoms with Crippen molar-refractivity contribution in [3.63, 3.8) is 0 Å². The quantitative estimate of drug-likeness (QED) is 0.410. The van der Waals surface area contributed by atoms with E-state index in [0.29, 0.717) is 61.3 Å². The predicted molar refractivity (Wildman–Crippen MR) is 163 cm³/mol. The van der Waals surface area contributed by atoms with Gasteiger partial charge in [-0.05, 0) is 56.3 Å². The van der Waals surface area contributed by atoms with Crippen LogP contribution in [0.5, 0.6) is 0 Å². The largest absolute Gasteiger partial charge is 0.326 e. The smallest absolute Gasteiger partial charge is 0.264 e. The summed E-state index contributed by atoms with van der Waals surface area (Å²) in [7, 11) is -7.28. The summed E-state index contributed by atoms with van der Waals surface area (Å²) < 4.78 is 55.7. The molecule has 0 atom stereocenters. The zero-order valence-corrected chi connectivity index (χ0v) is 25.6. The minimum Gasteiger partial charge on any atom is -0.326 e. The lowest BCUT2D eigenvalue weighted by Gasteiger charge is -2.33. The molecule has 3 aromatic rings. The van der Waals surface area contributed by atoms with E-state index >= 15 is 0 Å². The number of thioether (sulfide) groups is 1. The molecule has 1 amide bonds. The number of anilines is 2. The van der Waals surface area contributed by atoms with E-state index in [1.165, 1.54) is 8.61 Å². The Morgan fingerprint density at radius 1 is 0.780 bits per heavy atom. The summed E-state index contributed by atoms with van der Waals surface area (Å²) in [5, 5.41) is 2.91. The molecule has 12 heteroatoms. The number of carbonyl (C=O) groups excluding carboxylic acids is 1. The Balaban J connectivity index is 1.18. The summed E-state index contributed by atoms with van der Waals surface area (Å²) in [6.45, 7) is 6.49. The highest BCUT2D eigenvalue weighted by Gasteiger charge is 2.31. The van der Waals surface area contributed by atoms with Crippen molar-refractivity contribution in [2.45, 2.75) is 35.0 Å². The van der Waals surface area contributed by atoms with E-state index in [4.69, 9.17) is 0 Å². The molecule has 0 spiro atoms. The van der Waals surface area contributed by atoms with Gasteiger partial charge in [-0.15, -0.1) is 11.8 Å². The summed E-state index contributed by atoms with van der Waals surface area (Å²) in [5.74, 6) is 0.458. The van der Waals surface area contributed by atoms with Crippen LogP contribution in [0.2, 0.25) is 0 Å². The van der Waals surface area contributed by atoms with Gasteiger partial charge in [0.05, 0.1) is 15.5 Å². The van der Waals surface area contributed by atoms with E-state index in [2.05, 4.69) is 10.2 Å². The molecule has 0 aromatic heterocycles. The number of carbonyl (C=O) groups is 1. The second-order valence-electron chi connectivity index (χ2n) is 10.3. The van der Waals surface area contributed by atoms with Crippen LogP contribution in [-0.4, -0.2) is 77.0 Å². The number of nitrogens with zero attached hydrogens (tertiary/aromatic N) is 3. The van der Waals surface area contributed by atoms with Crippen LogP contribution in [0.4, 0.5) is 11.4 Å². The number of fused-ring (bicyclic) bond motifs is 1. The number of hydrogen-bond acceptors (Lipinski definition) is 7. The Hall–Kier alpha value is -2.90. The molecule has 1 saturated heterocycles. The molecular formula is C29H34N4O5S3. The van der Waals surface area contributed by atoms with Crippen molar-refractivity contribution in [3.05, 3.63) is 77.9 Å². The fourth-order valence-electron chi connectivity index (χ4n) is 4.89. The third-order valence-corrected chi connectivity index (χ3v) is 12.1. The first-order chi connectivity index (χ1) is 19.5. The Morgan fingerprint density at radius 3 is 1.98 bits per heavy atom. The van der Waals surface area contributed by atoms with E-state index in [9.17, 15) is 21.6 Å². The zero-order valence-electron chi connectivity index (χ0n) is 23.1. The number of sulfonamides is 2. The van der Waals surface area contributed by atoms with Gasteiger partial charge in [-0.1, -0.05) is 35.4 Å². The van der Waals surface area contributed by atoms with Crippen LogP contribution in [0.25, 0.3) is 0 Å². The van der Waals surface area contributed by atoms with E-state index in [1.807, 2.05) is 19.9 Å². The number of benzene rings is 3. The molecule has 218 valence electrons. The van der Waals surface area contributed by atoms with Gasteiger partial charge in [-0.25, -0.2) is 16.8 Å². The maximum atomic E-state index is 13.4. The first-order valence-corrected chi connectivity index (χ1v) is 17.4. The molecule has 2 aliphatic rings. The molecule has 9 nitrogen and oxygen atoms in total. The molecule has 1 N–H and O–H groups in total. The molecule has 0 radical (unpaired) electrons. The number of rotatable bonds is 8. The fraction of sp³-hybridized carbons (Fsp3) is 0.345. The molecule has 3 aromatic carbocycles. The second-order valence-corrected chi connectivity index (χ2v) is 15.2. The average Bonchev–Trinajstić information content (AvgIpc) is 2.96. The van der Waals surface area contributed by atoms with Gasteiger partial charge in [-0.3, -0.25) is 9.10 Å². The predicted octanol–water partition coefficient (Wildman–Crippen LogP) is 3.94. The maximum Gasteiger partial charge on any atom is 0.264 e. The van der Waals surface area contributed by atoms with Gasteiger partial charge in [-0.2, -0.15) is 4.31 Å². The van der Waals surface area contributed by atoms with Crippen molar-refractivity contribution < 1.29 is 21.6 Å². The number of aryl methyl sites for hydroxylation is 2. The van der Waals surface area contributed by atoms with Gasteiger partial charge >= 0.3 is 0 Å². The SMILES string of the molecule is Cc1ccc(S(=O)(=O)N2CCN(CCC(=O)Nc3ccc4c(c3)N(S(=O)(=O)c3ccc(C)cc3)CCS4)CC2)cc1. The zero-order chi connectivity index (χ0) is 29.2. The average molecular weight is 615 g/mol. The Bertz CT molecular complexity index is 1620. The van der Waals surface area contributed by atoms with Gasteiger partial charge in [0.1, 0.15) is 0 Å². The van der Waals surface area contributed by atoms with E-state index in [-0.39, 0.29) is 17.2 Å². The lowest BCUT2D eigenvalue weighted by molar-refractivity contribution is -0.116. The number of piperazine rings is 1. The van der Waals surface area contributed by atoms with Crippen molar-refractivity contribution in [2.75, 3.05) is 54.6 Å². The highest BCUT2D eigenvalue weighted by Crippen LogP contribution is 2.39. The normalized spacial score (nSPS) is 16.8. The Kier molecular flexibility index (Phi) is 8.76. The number of nitrogens with one attached hydrogen (secondary N) is 1. The van der Waals surface area contributed by atoms with Crippen molar-refractivity contribution in [1.82, 2.24) is 9.21 Å². The molecule has 1 fully saturated rings. The molecule has 0 saturated carbocycles. The van der Waals surface area contributed by atoms with Gasteiger partial charge in [0.2, 0.25) is 15.9 Å². The number of amides is 1. The number of hydrogen-bond donors (Lipinski definition) is 1. The Labute approximate surface area is 246 Å². The van der Waals surface area contributed by atoms with Gasteiger partial charge < -0.3 is 10.2 Å². The monoisotopic (exact) mass is 614 g/mol. The molecule has 5 rings (SSSR count). The third-order valence-electron chi connectivity index (χ3n) is 7.32. The Morgan fingerprint density at radius 2 is 1.37 bits per heavy atom. The summed E-state index contributed by atoms with van der Waals surface area (Å²) in [6.07, 6.45) is 0.238. The topological polar surface area (TPSA) is 107 Å². The van der Waals surface area contributed by atoms with E-state index < -0.39 is 20.0 Å². The molecule has 0 unspecified atom stereocenters. The minimum absolute atomic E-state index is 0.184. The summed E-state index contributed by atoms with van der Waals surface area (Å²) >= 11 is 1.59. The van der Waals surface area contributed by atoms with Crippen LogP contribution >= 0.6 is 11.8 Å². The van der Waals surface area contributed by atoms with E-state index in [0.717, 1.165) is 16.0 Å². The van der Waals surface area contributed by atoms with Gasteiger partial charge in [0, 0.05) is 62.0 Å². The van der Waals surface area contributed by atoms with Crippen LogP contribution in [0.1, 0.15) is 17.5 Å². The molecular weight excluding hydrogens is 581 g/mol. The lowest BCUT2D eigenvalue weighted by atomic mass is 10.2. The van der Waals surface area contributed by atoms with Crippen molar-refractivity contribution >= 4 is 49.1 Å². The van der Waals surface area contributed by atoms with Crippen LogP contribution in [0, 0.1) is 13.8 Å². The fourth-order valence-corrected chi connectivity index (χ4v) is 8.94. The highest BCUT2D eigenvalue weighted by atomic mass is 32.2. The summed E-state index contributed by atoms with van der Waals surface area (Å²) in [4.78, 5) is 16.3. The second kappa shape index (κ2) is 12.1. The lowest BCUT2D eigenvalue weighted by Crippen LogP contribution is -2.49. The minimum atomic E-state index is -3.74. The van der Waals surface area contributed by atoms with Crippen molar-refractivity contribution in [3.8, 4) is 0 Å². The first-order valence-electron chi connectivity index (χ1n) is 13.5. The van der Waals surface area contributed by atoms with Gasteiger partial charge in [0.25, 0.3) is 10.0 Å². The summed E-state index contributed by atoms with van der Waals surface area (Å²) in [6, 6.07) is 19.0. The molecule has 2 heterocycles. The highest BCUT2D eigenvalue weighted by molar-refractivity contribution is 8.00. The van der Waals surface area contributed by atoms with Crippen molar-refractivity contribution in [2.24, 2.45) is 0 Å². The molecule has 41 heavy (non-hydrogen) atoms. The van der Waals surface area contributed by atoms with E-state index in [1.54, 1.807) is 72.4 Å². The molecule has 0 bridgehead atoms. The standard InChI is InChI=1S/C29H34N4O5S3/c1-22-3-8-25(9-4-22)40(35,36)32-17-15-31(16-18-32)14-13-29(34)30-24-7-12-28-27(21-24)33(19-20-39-28)41(37,38)26-10-5-23(2)6-11-26/h3-12,21H,13-20H2,1-2H3,(H,30,34). The summed E-state index contributed by atoms with van der Waals surface area (Å²) in [5.41, 5.74) is 3.09. The molecule has 2 aliphatic heterocycles.